The number of nitrogens with zero attached hydrogens (tertiary/aromatic N) is 10. The summed E-state index contributed by atoms with van der Waals surface area (Å²) in [6.07, 6.45) is -7.14. The molecule has 0 unspecified atom stereocenters. The Morgan fingerprint density at radius 1 is 0.681 bits per heavy atom. The number of sulfone groups is 2. The molecule has 0 bridgehead atoms. The van der Waals surface area contributed by atoms with Gasteiger partial charge in [0, 0.05) is 63.9 Å². The average Bonchev–Trinajstić information content (AvgIpc) is 3.86. The molecule has 0 saturated heterocycles. The first-order valence-corrected chi connectivity index (χ1v) is 26.5. The lowest BCUT2D eigenvalue weighted by atomic mass is 10.00. The molecule has 1 N–H and O–H groups in total. The van der Waals surface area contributed by atoms with Crippen LogP contribution in [0.1, 0.15) is 114 Å². The lowest BCUT2D eigenvalue weighted by Crippen LogP contribution is -2.42. The second-order valence-corrected chi connectivity index (χ2v) is 22.4. The highest BCUT2D eigenvalue weighted by Crippen LogP contribution is 2.41. The number of anilines is 2. The van der Waals surface area contributed by atoms with Crippen molar-refractivity contribution < 1.29 is 62.6 Å². The molecule has 0 fully saturated rings. The van der Waals surface area contributed by atoms with Crippen molar-refractivity contribution in [1.82, 2.24) is 39.0 Å². The first-order valence-electron chi connectivity index (χ1n) is 22.8. The largest absolute Gasteiger partial charge is 0.434 e. The highest BCUT2D eigenvalue weighted by Gasteiger charge is 2.43. The van der Waals surface area contributed by atoms with Crippen LogP contribution in [0.4, 0.5) is 38.2 Å². The summed E-state index contributed by atoms with van der Waals surface area (Å²) in [6, 6.07) is 4.37. The van der Waals surface area contributed by atoms with Crippen LogP contribution in [0.5, 0.6) is 0 Å². The van der Waals surface area contributed by atoms with Crippen molar-refractivity contribution >= 4 is 65.2 Å². The van der Waals surface area contributed by atoms with Gasteiger partial charge < -0.3 is 28.8 Å². The number of hydrogen-bond acceptors (Lipinski definition) is 16. The average molecular weight is 1050 g/mol. The Morgan fingerprint density at radius 2 is 1.11 bits per heavy atom. The molecule has 386 valence electrons. The highest BCUT2D eigenvalue weighted by molar-refractivity contribution is 7.91. The van der Waals surface area contributed by atoms with Crippen molar-refractivity contribution in [1.29, 1.82) is 0 Å². The van der Waals surface area contributed by atoms with E-state index in [0.717, 1.165) is 24.9 Å². The summed E-state index contributed by atoms with van der Waals surface area (Å²) in [5, 5.41) is 9.92. The van der Waals surface area contributed by atoms with E-state index in [-0.39, 0.29) is 77.3 Å². The lowest BCUT2D eigenvalue weighted by molar-refractivity contribution is -0.142. The summed E-state index contributed by atoms with van der Waals surface area (Å²) >= 11 is 0. The summed E-state index contributed by atoms with van der Waals surface area (Å²) < 4.78 is 148. The number of halogens is 6. The van der Waals surface area contributed by atoms with Gasteiger partial charge in [0.1, 0.15) is 11.6 Å². The number of fused-ring (bicyclic) bond motifs is 6. The number of aromatic nitrogens is 8. The predicted octanol–water partition coefficient (Wildman–Crippen LogP) is 7.12. The van der Waals surface area contributed by atoms with Gasteiger partial charge in [-0.3, -0.25) is 9.59 Å². The van der Waals surface area contributed by atoms with Gasteiger partial charge in [-0.15, -0.1) is 0 Å². The van der Waals surface area contributed by atoms with Gasteiger partial charge in [0.15, 0.2) is 42.6 Å². The van der Waals surface area contributed by atoms with Gasteiger partial charge in [-0.2, -0.15) is 26.3 Å². The van der Waals surface area contributed by atoms with Gasteiger partial charge in [0.05, 0.1) is 74.9 Å². The summed E-state index contributed by atoms with van der Waals surface area (Å²) in [5.74, 6) is -2.13. The first-order chi connectivity index (χ1) is 33.6. The van der Waals surface area contributed by atoms with Gasteiger partial charge in [-0.25, -0.2) is 46.7 Å². The van der Waals surface area contributed by atoms with E-state index in [2.05, 4.69) is 19.9 Å². The van der Waals surface area contributed by atoms with Crippen LogP contribution in [0.2, 0.25) is 0 Å². The number of carbonyl (C=O) groups is 2. The Morgan fingerprint density at radius 3 is 1.51 bits per heavy atom. The molecule has 0 radical (unpaired) electrons. The summed E-state index contributed by atoms with van der Waals surface area (Å²) in [4.78, 5) is 54.4. The van der Waals surface area contributed by atoms with Gasteiger partial charge in [-0.1, -0.05) is 34.6 Å². The fraction of sp³-hybridized carbons (Fsp3) is 0.478. The maximum Gasteiger partial charge on any atom is 0.434 e. The molecule has 18 nitrogen and oxygen atoms in total. The highest BCUT2D eigenvalue weighted by atomic mass is 32.2. The van der Waals surface area contributed by atoms with Crippen LogP contribution in [-0.2, 0) is 63.1 Å². The molecule has 72 heavy (non-hydrogen) atoms. The Kier molecular flexibility index (Phi) is 13.8. The summed E-state index contributed by atoms with van der Waals surface area (Å²) in [6.45, 7) is 7.79. The van der Waals surface area contributed by atoms with Crippen molar-refractivity contribution in [3.05, 3.63) is 81.9 Å². The molecule has 2 atom stereocenters. The molecule has 6 aromatic rings. The van der Waals surface area contributed by atoms with Crippen LogP contribution >= 0.6 is 0 Å². The van der Waals surface area contributed by atoms with Crippen molar-refractivity contribution in [3.63, 3.8) is 0 Å². The van der Waals surface area contributed by atoms with Crippen molar-refractivity contribution in [2.75, 3.05) is 42.0 Å². The summed E-state index contributed by atoms with van der Waals surface area (Å²) in [7, 11) is -7.69. The number of ether oxygens (including phenoxy) is 1. The van der Waals surface area contributed by atoms with Crippen LogP contribution < -0.4 is 9.80 Å². The fourth-order valence-electron chi connectivity index (χ4n) is 9.55. The van der Waals surface area contributed by atoms with Crippen LogP contribution in [0.3, 0.4) is 0 Å². The zero-order valence-electron chi connectivity index (χ0n) is 40.0. The SMILES string of the molecule is CCC(=O)c1cnc(N2CCn3c(nc4cc(COCCC(=O)c5cnc(N6CCn7c(nc8cc(CO)c(S(C)(=O)=O)cc87)[C@@H]6C(C)C)nc5C(F)(F)F)c(S(C)(=O)=O)cc43)[C@H]2C(C)C)nc1C(F)(F)F. The Hall–Kier alpha value is -6.12. The number of carbonyl (C=O) groups excluding carboxylic acids is 2. The molecule has 0 amide bonds. The maximum absolute atomic E-state index is 14.8. The molecule has 0 aliphatic carbocycles. The number of aliphatic hydroxyl groups is 1. The van der Waals surface area contributed by atoms with Crippen LogP contribution in [0, 0.1) is 11.8 Å². The monoisotopic (exact) mass is 1050 g/mol. The van der Waals surface area contributed by atoms with E-state index in [9.17, 15) is 57.9 Å². The molecule has 8 rings (SSSR count). The minimum atomic E-state index is -5.10. The molecule has 0 saturated carbocycles. The van der Waals surface area contributed by atoms with Crippen LogP contribution in [0.25, 0.3) is 22.1 Å². The standard InChI is InChI=1S/C46H50F6N10O8S2/c1-8-33(64)27-19-53-43(57-39(27)45(47,48)49)61-13-11-60-32-18-36(72(7,68)69)26(16-30(32)56-42(60)38(61)24(4)5)22-70-14-9-34(65)28-20-54-44(58-40(28)46(50,51)52)62-12-10-59-31-17-35(71(6,66)67)25(21-63)15-29(31)55-41(59)37(62)23(2)3/h15-20,23-24,37-38,63H,8-14,21-22H2,1-7H3/t37-,38+/m0/s1. The van der Waals surface area contributed by atoms with Crippen LogP contribution in [-0.4, -0.2) is 105 Å². The minimum absolute atomic E-state index is 0.0730. The fourth-order valence-corrected chi connectivity index (χ4v) is 11.4. The number of Topliss-reactive ketones (excluding diaryl/α,β-unsaturated/α-hetero) is 2. The van der Waals surface area contributed by atoms with Crippen molar-refractivity contribution in [2.45, 2.75) is 108 Å². The number of hydrogen-bond donors (Lipinski definition) is 1. The second kappa shape index (κ2) is 19.1. The topological polar surface area (TPSA) is 226 Å². The van der Waals surface area contributed by atoms with Gasteiger partial charge in [0.25, 0.3) is 0 Å². The van der Waals surface area contributed by atoms with E-state index in [1.807, 2.05) is 27.7 Å². The Balaban J connectivity index is 1.03. The number of alkyl halides is 6. The quantitative estimate of drug-likeness (QED) is 0.0614. The number of imidazole rings is 2. The van der Waals surface area contributed by atoms with Crippen molar-refractivity contribution in [2.24, 2.45) is 11.8 Å². The molecular weight excluding hydrogens is 999 g/mol. The number of ketones is 2. The van der Waals surface area contributed by atoms with Gasteiger partial charge in [0.2, 0.25) is 11.9 Å². The zero-order chi connectivity index (χ0) is 52.6. The smallest absolute Gasteiger partial charge is 0.392 e. The molecule has 26 heteroatoms. The number of aliphatic hydroxyl groups excluding tert-OH is 1. The Labute approximate surface area is 409 Å². The van der Waals surface area contributed by atoms with E-state index in [1.54, 1.807) is 18.9 Å². The number of benzene rings is 2. The maximum atomic E-state index is 14.8. The van der Waals surface area contributed by atoms with E-state index in [4.69, 9.17) is 14.7 Å². The zero-order valence-corrected chi connectivity index (χ0v) is 41.6. The molecule has 2 aliphatic rings. The molecule has 6 heterocycles. The summed E-state index contributed by atoms with van der Waals surface area (Å²) in [5.41, 5.74) is -2.46. The Bertz CT molecular complexity index is 3380. The van der Waals surface area contributed by atoms with E-state index in [1.165, 1.54) is 31.2 Å². The normalized spacial score (nSPS) is 16.8. The van der Waals surface area contributed by atoms with Gasteiger partial charge >= 0.3 is 12.4 Å². The predicted molar refractivity (Wildman–Crippen MR) is 249 cm³/mol. The molecular formula is C46H50F6N10O8S2. The molecule has 0 spiro atoms. The van der Waals surface area contributed by atoms with Crippen LogP contribution in [0.15, 0.2) is 46.5 Å². The third-order valence-corrected chi connectivity index (χ3v) is 15.1. The second-order valence-electron chi connectivity index (χ2n) is 18.5. The molecule has 2 aliphatic heterocycles. The first kappa shape index (κ1) is 52.2. The third kappa shape index (κ3) is 9.76. The van der Waals surface area contributed by atoms with E-state index in [0.29, 0.717) is 33.7 Å². The van der Waals surface area contributed by atoms with E-state index < -0.39 is 104 Å². The lowest BCUT2D eigenvalue weighted by Gasteiger charge is -2.38. The molecule has 2 aromatic carbocycles. The van der Waals surface area contributed by atoms with E-state index >= 15 is 0 Å². The number of rotatable bonds is 15. The minimum Gasteiger partial charge on any atom is -0.392 e. The molecule has 4 aromatic heterocycles. The van der Waals surface area contributed by atoms with Crippen molar-refractivity contribution in [3.8, 4) is 0 Å². The third-order valence-electron chi connectivity index (χ3n) is 12.7. The van der Waals surface area contributed by atoms with Gasteiger partial charge in [-0.05, 0) is 47.2 Å².